The van der Waals surface area contributed by atoms with Crippen molar-refractivity contribution in [1.29, 1.82) is 0 Å². The topological polar surface area (TPSA) is 96.4 Å². The molecule has 1 aliphatic carbocycles. The van der Waals surface area contributed by atoms with Crippen molar-refractivity contribution in [3.63, 3.8) is 0 Å². The van der Waals surface area contributed by atoms with Gasteiger partial charge in [0, 0.05) is 31.8 Å². The van der Waals surface area contributed by atoms with Gasteiger partial charge in [-0.05, 0) is 49.4 Å². The maximum absolute atomic E-state index is 14.4. The minimum atomic E-state index is -3.14. The normalized spacial score (nSPS) is 17.9. The highest BCUT2D eigenvalue weighted by atomic mass is 19.3. The summed E-state index contributed by atoms with van der Waals surface area (Å²) in [6.45, 7) is 3.88. The van der Waals surface area contributed by atoms with Gasteiger partial charge in [0.15, 0.2) is 0 Å². The van der Waals surface area contributed by atoms with Crippen molar-refractivity contribution in [3.8, 4) is 11.1 Å². The van der Waals surface area contributed by atoms with Crippen LogP contribution in [-0.2, 0) is 14.3 Å². The van der Waals surface area contributed by atoms with E-state index in [2.05, 4.69) is 0 Å². The quantitative estimate of drug-likeness (QED) is 0.455. The van der Waals surface area contributed by atoms with Gasteiger partial charge in [0.25, 0.3) is 5.92 Å². The van der Waals surface area contributed by atoms with Crippen LogP contribution in [0.3, 0.4) is 0 Å². The van der Waals surface area contributed by atoms with Crippen LogP contribution in [0.25, 0.3) is 11.1 Å². The van der Waals surface area contributed by atoms with Gasteiger partial charge in [-0.2, -0.15) is 0 Å². The Morgan fingerprint density at radius 1 is 1.05 bits per heavy atom. The lowest BCUT2D eigenvalue weighted by Crippen LogP contribution is -2.47. The molecule has 210 valence electrons. The van der Waals surface area contributed by atoms with Crippen molar-refractivity contribution in [3.05, 3.63) is 59.7 Å². The van der Waals surface area contributed by atoms with Crippen LogP contribution in [0.5, 0.6) is 0 Å². The Morgan fingerprint density at radius 3 is 2.21 bits per heavy atom. The zero-order chi connectivity index (χ0) is 28.4. The molecule has 0 radical (unpaired) electrons. The van der Waals surface area contributed by atoms with E-state index in [1.165, 1.54) is 4.90 Å². The number of carboxylic acid groups (broad SMARTS) is 1. The molecular weight excluding hydrogens is 510 g/mol. The van der Waals surface area contributed by atoms with E-state index in [-0.39, 0.29) is 38.5 Å². The number of ether oxygens (including phenoxy) is 2. The number of hydrogen-bond donors (Lipinski definition) is 1. The highest BCUT2D eigenvalue weighted by Crippen LogP contribution is 2.44. The maximum atomic E-state index is 14.4. The van der Waals surface area contributed by atoms with Crippen LogP contribution in [-0.4, -0.2) is 76.9 Å². The molecule has 2 aromatic carbocycles. The molecule has 1 aliphatic heterocycles. The molecule has 10 heteroatoms. The monoisotopic (exact) mass is 544 g/mol. The average Bonchev–Trinajstić information content (AvgIpc) is 3.34. The van der Waals surface area contributed by atoms with Gasteiger partial charge in [0.05, 0.1) is 12.6 Å². The fourth-order valence-corrected chi connectivity index (χ4v) is 5.21. The Hall–Kier alpha value is -3.69. The summed E-state index contributed by atoms with van der Waals surface area (Å²) in [6, 6.07) is 14.7. The number of carboxylic acids is 1. The van der Waals surface area contributed by atoms with Gasteiger partial charge >= 0.3 is 18.2 Å². The van der Waals surface area contributed by atoms with Gasteiger partial charge in [-0.15, -0.1) is 0 Å². The van der Waals surface area contributed by atoms with Gasteiger partial charge in [0.2, 0.25) is 0 Å². The van der Waals surface area contributed by atoms with Crippen LogP contribution in [0.2, 0.25) is 0 Å². The minimum absolute atomic E-state index is 0.0206. The van der Waals surface area contributed by atoms with Crippen molar-refractivity contribution < 1.29 is 37.7 Å². The molecule has 1 atom stereocenters. The van der Waals surface area contributed by atoms with Crippen molar-refractivity contribution in [2.24, 2.45) is 0 Å². The van der Waals surface area contributed by atoms with Crippen LogP contribution in [0, 0.1) is 0 Å². The lowest BCUT2D eigenvalue weighted by molar-refractivity contribution is -0.137. The number of aliphatic carboxylic acids is 1. The first kappa shape index (κ1) is 28.3. The van der Waals surface area contributed by atoms with Gasteiger partial charge in [-0.1, -0.05) is 48.5 Å². The molecule has 2 aliphatic rings. The van der Waals surface area contributed by atoms with Gasteiger partial charge < -0.3 is 19.5 Å². The third-order valence-electron chi connectivity index (χ3n) is 6.85. The summed E-state index contributed by atoms with van der Waals surface area (Å²) >= 11 is 0. The highest BCUT2D eigenvalue weighted by molar-refractivity contribution is 5.79. The van der Waals surface area contributed by atoms with Crippen LogP contribution < -0.4 is 0 Å². The lowest BCUT2D eigenvalue weighted by Gasteiger charge is -2.31. The Bertz CT molecular complexity index is 1180. The molecule has 4 rings (SSSR count). The first-order valence-electron chi connectivity index (χ1n) is 13.0. The van der Waals surface area contributed by atoms with E-state index in [1.807, 2.05) is 48.5 Å². The van der Waals surface area contributed by atoms with Crippen molar-refractivity contribution in [2.45, 2.75) is 63.5 Å². The number of likely N-dealkylation sites (tertiary alicyclic amines) is 1. The zero-order valence-electron chi connectivity index (χ0n) is 22.4. The van der Waals surface area contributed by atoms with E-state index < -0.39 is 48.7 Å². The number of hydrogen-bond acceptors (Lipinski definition) is 5. The summed E-state index contributed by atoms with van der Waals surface area (Å²) in [7, 11) is 0. The molecular formula is C29H34F2N2O6. The van der Waals surface area contributed by atoms with Crippen molar-refractivity contribution in [2.75, 3.05) is 26.2 Å². The number of rotatable bonds is 8. The molecule has 1 heterocycles. The van der Waals surface area contributed by atoms with E-state index in [9.17, 15) is 23.2 Å². The summed E-state index contributed by atoms with van der Waals surface area (Å²) in [4.78, 5) is 39.2. The van der Waals surface area contributed by atoms with E-state index >= 15 is 0 Å². The molecule has 1 fully saturated rings. The Labute approximate surface area is 226 Å². The molecule has 0 spiro atoms. The number of carbonyl (C=O) groups excluding carboxylic acids is 2. The summed E-state index contributed by atoms with van der Waals surface area (Å²) in [5, 5.41) is 9.07. The molecule has 2 amide bonds. The molecule has 2 aromatic rings. The standard InChI is InChI=1S/C29H34F2N2O6/c1-28(2,3)39-27(37)33-18-29(30,31)15-19(33)16-32(14-8-13-25(34)35)26(36)38-17-24-22-11-6-4-9-20(22)21-10-5-7-12-23(21)24/h4-7,9-12,19,24H,8,13-18H2,1-3H3,(H,34,35). The number of benzene rings is 2. The number of alkyl halides is 2. The Balaban J connectivity index is 1.50. The molecule has 1 unspecified atom stereocenters. The highest BCUT2D eigenvalue weighted by Gasteiger charge is 2.49. The van der Waals surface area contributed by atoms with Crippen LogP contribution in [0.1, 0.15) is 57.1 Å². The predicted octanol–water partition coefficient (Wildman–Crippen LogP) is 5.75. The van der Waals surface area contributed by atoms with Crippen LogP contribution in [0.15, 0.2) is 48.5 Å². The van der Waals surface area contributed by atoms with E-state index in [0.29, 0.717) is 0 Å². The third-order valence-corrected chi connectivity index (χ3v) is 6.85. The predicted molar refractivity (Wildman–Crippen MR) is 140 cm³/mol. The number of carbonyl (C=O) groups is 3. The molecule has 39 heavy (non-hydrogen) atoms. The van der Waals surface area contributed by atoms with Crippen molar-refractivity contribution >= 4 is 18.2 Å². The lowest BCUT2D eigenvalue weighted by atomic mass is 9.98. The second kappa shape index (κ2) is 11.2. The number of nitrogens with zero attached hydrogens (tertiary/aromatic N) is 2. The molecule has 8 nitrogen and oxygen atoms in total. The van der Waals surface area contributed by atoms with Crippen LogP contribution >= 0.6 is 0 Å². The second-order valence-electron chi connectivity index (χ2n) is 11.1. The third kappa shape index (κ3) is 6.85. The van der Waals surface area contributed by atoms with Crippen LogP contribution in [0.4, 0.5) is 18.4 Å². The Morgan fingerprint density at radius 2 is 1.64 bits per heavy atom. The first-order chi connectivity index (χ1) is 18.3. The first-order valence-corrected chi connectivity index (χ1v) is 13.0. The summed E-state index contributed by atoms with van der Waals surface area (Å²) in [5.74, 6) is -4.38. The molecule has 1 saturated heterocycles. The summed E-state index contributed by atoms with van der Waals surface area (Å²) in [5.41, 5.74) is 3.29. The maximum Gasteiger partial charge on any atom is 0.410 e. The molecule has 0 saturated carbocycles. The number of fused-ring (bicyclic) bond motifs is 3. The zero-order valence-corrected chi connectivity index (χ0v) is 22.4. The van der Waals surface area contributed by atoms with Gasteiger partial charge in [-0.25, -0.2) is 18.4 Å². The summed E-state index contributed by atoms with van der Waals surface area (Å²) in [6.07, 6.45) is -2.37. The van der Waals surface area contributed by atoms with Gasteiger partial charge in [-0.3, -0.25) is 9.69 Å². The van der Waals surface area contributed by atoms with E-state index in [0.717, 1.165) is 27.2 Å². The molecule has 1 N–H and O–H groups in total. The van der Waals surface area contributed by atoms with E-state index in [1.54, 1.807) is 20.8 Å². The average molecular weight is 545 g/mol. The van der Waals surface area contributed by atoms with Gasteiger partial charge in [0.1, 0.15) is 12.2 Å². The largest absolute Gasteiger partial charge is 0.481 e. The number of amides is 2. The number of halogens is 2. The summed E-state index contributed by atoms with van der Waals surface area (Å²) < 4.78 is 39.9. The fourth-order valence-electron chi connectivity index (χ4n) is 5.21. The molecule has 0 bridgehead atoms. The van der Waals surface area contributed by atoms with Crippen molar-refractivity contribution in [1.82, 2.24) is 9.80 Å². The molecule has 0 aromatic heterocycles. The minimum Gasteiger partial charge on any atom is -0.481 e. The SMILES string of the molecule is CC(C)(C)OC(=O)N1CC(F)(F)CC1CN(CCCC(=O)O)C(=O)OCC1c2ccccc2-c2ccccc21. The smallest absolute Gasteiger partial charge is 0.410 e. The van der Waals surface area contributed by atoms with E-state index in [4.69, 9.17) is 14.6 Å². The second-order valence-corrected chi connectivity index (χ2v) is 11.1. The Kier molecular flexibility index (Phi) is 8.13. The fraction of sp³-hybridized carbons (Fsp3) is 0.483.